The van der Waals surface area contributed by atoms with Crippen LogP contribution in [0.15, 0.2) is 11.1 Å². The third-order valence-corrected chi connectivity index (χ3v) is 2.50. The number of hydrogen-bond acceptors (Lipinski definition) is 0. The minimum atomic E-state index is 0. The summed E-state index contributed by atoms with van der Waals surface area (Å²) < 4.78 is 0. The molecule has 0 spiro atoms. The molecule has 0 saturated carbocycles. The lowest BCUT2D eigenvalue weighted by atomic mass is 9.84. The Morgan fingerprint density at radius 1 is 0.786 bits per heavy atom. The van der Waals surface area contributed by atoms with Crippen molar-refractivity contribution in [2.24, 2.45) is 5.41 Å². The molecule has 14 heavy (non-hydrogen) atoms. The van der Waals surface area contributed by atoms with Crippen molar-refractivity contribution in [2.45, 2.75) is 62.3 Å². The molecule has 0 aromatic rings. The summed E-state index contributed by atoms with van der Waals surface area (Å²) in [4.78, 5) is 0. The van der Waals surface area contributed by atoms with Gasteiger partial charge in [-0.1, -0.05) is 11.1 Å². The Hall–Kier alpha value is -0.390. The normalized spacial score (nSPS) is 9.21. The average molecular weight is 198 g/mol. The van der Waals surface area contributed by atoms with Crippen LogP contribution in [0.4, 0.5) is 0 Å². The molecule has 0 bridgehead atoms. The van der Waals surface area contributed by atoms with Gasteiger partial charge in [0, 0.05) is 0 Å². The van der Waals surface area contributed by atoms with E-state index in [1.807, 2.05) is 0 Å². The van der Waals surface area contributed by atoms with E-state index in [2.05, 4.69) is 62.3 Å². The molecule has 0 aliphatic rings. The topological polar surface area (TPSA) is 0 Å². The molecule has 0 heteroatoms. The second kappa shape index (κ2) is 7.96. The van der Waals surface area contributed by atoms with Crippen LogP contribution in [-0.4, -0.2) is 0 Å². The Labute approximate surface area is 92.8 Å². The van der Waals surface area contributed by atoms with E-state index in [0.29, 0.717) is 5.41 Å². The molecule has 0 aromatic heterocycles. The first-order valence-corrected chi connectivity index (χ1v) is 5.00. The lowest BCUT2D eigenvalue weighted by Gasteiger charge is -2.11. The molecule has 0 fully saturated rings. The fraction of sp³-hybridized carbons (Fsp3) is 0.714. The fourth-order valence-electron chi connectivity index (χ4n) is 0. The Morgan fingerprint density at radius 2 is 0.929 bits per heavy atom. The second-order valence-corrected chi connectivity index (χ2v) is 5.25. The van der Waals surface area contributed by atoms with E-state index in [9.17, 15) is 0 Å². The highest BCUT2D eigenvalue weighted by atomic mass is 14.2. The van der Waals surface area contributed by atoms with Crippen molar-refractivity contribution in [3.63, 3.8) is 0 Å². The van der Waals surface area contributed by atoms with Gasteiger partial charge in [-0.2, -0.15) is 0 Å². The highest BCUT2D eigenvalue weighted by molar-refractivity contribution is 5.02. The Kier molecular flexibility index (Phi) is 10.9. The van der Waals surface area contributed by atoms with Crippen molar-refractivity contribution < 1.29 is 0 Å². The highest BCUT2D eigenvalue weighted by Gasteiger charge is 2.25. The maximum Gasteiger partial charge on any atom is 0.101 e. The van der Waals surface area contributed by atoms with Crippen LogP contribution < -0.4 is 0 Å². The van der Waals surface area contributed by atoms with E-state index in [1.165, 1.54) is 17.1 Å². The monoisotopic (exact) mass is 198 g/mol. The fourth-order valence-corrected chi connectivity index (χ4v) is 0. The summed E-state index contributed by atoms with van der Waals surface area (Å²) in [5.74, 6) is 1.49. The molecule has 0 heterocycles. The zero-order valence-corrected chi connectivity index (χ0v) is 12.0. The number of rotatable bonds is 0. The van der Waals surface area contributed by atoms with Crippen molar-refractivity contribution in [3.8, 4) is 0 Å². The van der Waals surface area contributed by atoms with Gasteiger partial charge in [-0.3, -0.25) is 0 Å². The van der Waals surface area contributed by atoms with Gasteiger partial charge in [0.25, 0.3) is 0 Å². The van der Waals surface area contributed by atoms with Crippen LogP contribution in [-0.2, 0) is 0 Å². The van der Waals surface area contributed by atoms with Crippen LogP contribution in [0.5, 0.6) is 0 Å². The summed E-state index contributed by atoms with van der Waals surface area (Å²) in [6, 6.07) is 0. The van der Waals surface area contributed by atoms with Crippen molar-refractivity contribution in [2.75, 3.05) is 0 Å². The van der Waals surface area contributed by atoms with Gasteiger partial charge in [-0.15, -0.1) is 0 Å². The van der Waals surface area contributed by atoms with Gasteiger partial charge in [0.1, 0.15) is 5.41 Å². The summed E-state index contributed by atoms with van der Waals surface area (Å²) >= 11 is 0. The summed E-state index contributed by atoms with van der Waals surface area (Å²) in [6.07, 6.45) is 0. The SMILES string of the molecule is CC(C)=C(C)C.C[C+](C)C(C)(C)C.[CH3-]. The van der Waals surface area contributed by atoms with Crippen LogP contribution in [0, 0.1) is 18.8 Å². The summed E-state index contributed by atoms with van der Waals surface area (Å²) in [6.45, 7) is 19.5. The van der Waals surface area contributed by atoms with Gasteiger partial charge in [0.15, 0.2) is 0 Å². The molecule has 0 amide bonds. The van der Waals surface area contributed by atoms with Gasteiger partial charge in [0.05, 0.1) is 19.8 Å². The third-order valence-electron chi connectivity index (χ3n) is 2.50. The van der Waals surface area contributed by atoms with Crippen molar-refractivity contribution in [1.82, 2.24) is 0 Å². The zero-order chi connectivity index (χ0) is 11.2. The van der Waals surface area contributed by atoms with Crippen molar-refractivity contribution >= 4 is 0 Å². The second-order valence-electron chi connectivity index (χ2n) is 5.25. The summed E-state index contributed by atoms with van der Waals surface area (Å²) in [7, 11) is 0. The first-order chi connectivity index (χ1) is 5.59. The maximum atomic E-state index is 2.22. The van der Waals surface area contributed by atoms with Crippen LogP contribution in [0.25, 0.3) is 0 Å². The molecule has 0 saturated heterocycles. The van der Waals surface area contributed by atoms with Crippen LogP contribution in [0.3, 0.4) is 0 Å². The van der Waals surface area contributed by atoms with E-state index in [-0.39, 0.29) is 7.43 Å². The van der Waals surface area contributed by atoms with E-state index in [4.69, 9.17) is 0 Å². The highest BCUT2D eigenvalue weighted by Crippen LogP contribution is 2.25. The first kappa shape index (κ1) is 19.2. The molecule has 0 atom stereocenters. The predicted octanol–water partition coefficient (Wildman–Crippen LogP) is 5.46. The van der Waals surface area contributed by atoms with Gasteiger partial charge in [0.2, 0.25) is 0 Å². The molecule has 0 aliphatic carbocycles. The molecule has 0 aromatic carbocycles. The van der Waals surface area contributed by atoms with E-state index >= 15 is 0 Å². The minimum absolute atomic E-state index is 0. The summed E-state index contributed by atoms with van der Waals surface area (Å²) in [5.41, 5.74) is 3.27. The molecule has 0 nitrogen and oxygen atoms in total. The molecular formula is C14H30. The lowest BCUT2D eigenvalue weighted by Crippen LogP contribution is -2.10. The lowest BCUT2D eigenvalue weighted by molar-refractivity contribution is 0.438. The third kappa shape index (κ3) is 14.2. The smallest absolute Gasteiger partial charge is 0.101 e. The van der Waals surface area contributed by atoms with Crippen molar-refractivity contribution in [3.05, 3.63) is 24.5 Å². The average Bonchev–Trinajstić information content (AvgIpc) is 1.86. The molecule has 0 aliphatic heterocycles. The summed E-state index contributed by atoms with van der Waals surface area (Å²) in [5, 5.41) is 0. The Morgan fingerprint density at radius 3 is 0.929 bits per heavy atom. The Balaban J connectivity index is -0.000000163. The van der Waals surface area contributed by atoms with E-state index in [1.54, 1.807) is 0 Å². The predicted molar refractivity (Wildman–Crippen MR) is 70.2 cm³/mol. The number of hydrogen-bond donors (Lipinski definition) is 0. The Bertz CT molecular complexity index is 135. The standard InChI is InChI=1S/C7H15.C6H12.CH3/c1-6(2)7(3,4)5;1-5(2)6(3)4;/h1-5H3;1-4H3;1H3/q+1;;-1. The van der Waals surface area contributed by atoms with Crippen molar-refractivity contribution in [1.29, 1.82) is 0 Å². The molecule has 0 N–H and O–H groups in total. The van der Waals surface area contributed by atoms with Gasteiger partial charge in [-0.05, 0) is 48.5 Å². The molecule has 0 rings (SSSR count). The minimum Gasteiger partial charge on any atom is -0.358 e. The first-order valence-electron chi connectivity index (χ1n) is 5.00. The molecular weight excluding hydrogens is 168 g/mol. The quantitative estimate of drug-likeness (QED) is 0.358. The van der Waals surface area contributed by atoms with Gasteiger partial charge in [-0.25, -0.2) is 0 Å². The van der Waals surface area contributed by atoms with E-state index in [0.717, 1.165) is 0 Å². The molecule has 86 valence electrons. The molecule has 0 unspecified atom stereocenters. The van der Waals surface area contributed by atoms with Crippen LogP contribution in [0.1, 0.15) is 62.3 Å². The molecule has 0 radical (unpaired) electrons. The van der Waals surface area contributed by atoms with E-state index < -0.39 is 0 Å². The van der Waals surface area contributed by atoms with Crippen LogP contribution in [0.2, 0.25) is 0 Å². The number of allylic oxidation sites excluding steroid dienone is 2. The van der Waals surface area contributed by atoms with Crippen LogP contribution >= 0.6 is 0 Å². The largest absolute Gasteiger partial charge is 0.358 e. The maximum absolute atomic E-state index is 2.22. The van der Waals surface area contributed by atoms with Gasteiger partial charge >= 0.3 is 0 Å². The van der Waals surface area contributed by atoms with Gasteiger partial charge < -0.3 is 7.43 Å². The zero-order valence-electron chi connectivity index (χ0n) is 12.0.